The smallest absolute Gasteiger partial charge is 0.304 e. The Morgan fingerprint density at radius 1 is 1.00 bits per heavy atom. The Morgan fingerprint density at radius 3 is 2.66 bits per heavy atom. The number of aliphatic carboxylic acids is 1. The first kappa shape index (κ1) is 25.1. The molecule has 6 aliphatic rings. The molecule has 9 rings (SSSR count). The van der Waals surface area contributed by atoms with Crippen molar-refractivity contribution in [2.75, 3.05) is 6.54 Å². The van der Waals surface area contributed by atoms with Crippen molar-refractivity contribution < 1.29 is 14.7 Å². The third-order valence-electron chi connectivity index (χ3n) is 9.37. The molecule has 1 amide bonds. The minimum absolute atomic E-state index is 0.00512. The second-order valence-corrected chi connectivity index (χ2v) is 11.7. The molecule has 1 aromatic heterocycles. The first-order valence-electron chi connectivity index (χ1n) is 14.4. The molecule has 9 bridgehead atoms. The Morgan fingerprint density at radius 2 is 1.84 bits per heavy atom. The molecule has 1 fully saturated rings. The van der Waals surface area contributed by atoms with Crippen LogP contribution in [0.1, 0.15) is 91.5 Å². The molecule has 38 heavy (non-hydrogen) atoms. The first-order valence-corrected chi connectivity index (χ1v) is 14.4. The van der Waals surface area contributed by atoms with Crippen molar-refractivity contribution in [2.24, 2.45) is 11.8 Å². The summed E-state index contributed by atoms with van der Waals surface area (Å²) >= 11 is 0. The molecule has 5 aliphatic heterocycles. The van der Waals surface area contributed by atoms with Crippen LogP contribution >= 0.6 is 0 Å². The topological polar surface area (TPSA) is 88.3 Å². The van der Waals surface area contributed by atoms with Crippen LogP contribution in [0.25, 0.3) is 11.0 Å². The SMILES string of the molecule is Cc1c2ccc3c1nnn3CCCCCC1CCC(CC1)C(=O)N1CCc3ccc(cc3C1)C2CC(=O)O. The highest BCUT2D eigenvalue weighted by Gasteiger charge is 2.31. The highest BCUT2D eigenvalue weighted by molar-refractivity contribution is 5.81. The Labute approximate surface area is 224 Å². The summed E-state index contributed by atoms with van der Waals surface area (Å²) in [6, 6.07) is 10.5. The molecule has 2 aromatic carbocycles. The van der Waals surface area contributed by atoms with Gasteiger partial charge in [-0.1, -0.05) is 48.7 Å². The molecule has 3 aromatic rings. The number of carboxylic acids is 1. The van der Waals surface area contributed by atoms with Crippen molar-refractivity contribution >= 4 is 22.9 Å². The zero-order valence-electron chi connectivity index (χ0n) is 22.4. The van der Waals surface area contributed by atoms with E-state index in [-0.39, 0.29) is 18.3 Å². The number of carbonyl (C=O) groups is 2. The highest BCUT2D eigenvalue weighted by Crippen LogP contribution is 2.37. The van der Waals surface area contributed by atoms with E-state index in [4.69, 9.17) is 0 Å². The number of hydrogen-bond acceptors (Lipinski definition) is 4. The first-order chi connectivity index (χ1) is 18.5. The minimum atomic E-state index is -0.825. The van der Waals surface area contributed by atoms with Crippen LogP contribution < -0.4 is 0 Å². The number of benzene rings is 2. The summed E-state index contributed by atoms with van der Waals surface area (Å²) in [6.45, 7) is 4.27. The molecular weight excluding hydrogens is 476 g/mol. The summed E-state index contributed by atoms with van der Waals surface area (Å²) in [7, 11) is 0. The number of aromatic nitrogens is 3. The van der Waals surface area contributed by atoms with Crippen LogP contribution in [0.5, 0.6) is 0 Å². The number of nitrogens with zero attached hydrogens (tertiary/aromatic N) is 4. The summed E-state index contributed by atoms with van der Waals surface area (Å²) in [5.74, 6) is 0.103. The number of carboxylic acid groups (broad SMARTS) is 1. The van der Waals surface area contributed by atoms with Crippen LogP contribution in [-0.4, -0.2) is 43.4 Å². The molecule has 1 N–H and O–H groups in total. The van der Waals surface area contributed by atoms with Gasteiger partial charge in [0, 0.05) is 31.5 Å². The fourth-order valence-corrected chi connectivity index (χ4v) is 7.12. The van der Waals surface area contributed by atoms with Gasteiger partial charge in [0.25, 0.3) is 0 Å². The third-order valence-corrected chi connectivity index (χ3v) is 9.37. The number of aryl methyl sites for hydroxylation is 2. The predicted molar refractivity (Wildman–Crippen MR) is 146 cm³/mol. The van der Waals surface area contributed by atoms with Crippen LogP contribution in [0, 0.1) is 18.8 Å². The maximum atomic E-state index is 13.5. The van der Waals surface area contributed by atoms with E-state index < -0.39 is 5.97 Å². The normalized spacial score (nSPS) is 24.3. The van der Waals surface area contributed by atoms with Gasteiger partial charge in [-0.2, -0.15) is 0 Å². The van der Waals surface area contributed by atoms with Gasteiger partial charge in [-0.15, -0.1) is 5.10 Å². The van der Waals surface area contributed by atoms with Crippen molar-refractivity contribution in [1.29, 1.82) is 0 Å². The summed E-state index contributed by atoms with van der Waals surface area (Å²) in [5, 5.41) is 18.8. The van der Waals surface area contributed by atoms with Gasteiger partial charge in [0.1, 0.15) is 5.52 Å². The fraction of sp³-hybridized carbons (Fsp3) is 0.548. The molecule has 200 valence electrons. The van der Waals surface area contributed by atoms with Crippen LogP contribution in [-0.2, 0) is 29.1 Å². The van der Waals surface area contributed by atoms with Gasteiger partial charge in [-0.05, 0) is 85.3 Å². The summed E-state index contributed by atoms with van der Waals surface area (Å²) in [6.07, 6.45) is 9.93. The Hall–Kier alpha value is -3.22. The van der Waals surface area contributed by atoms with E-state index in [1.807, 2.05) is 11.6 Å². The molecule has 1 aliphatic carbocycles. The maximum absolute atomic E-state index is 13.5. The van der Waals surface area contributed by atoms with Gasteiger partial charge in [-0.25, -0.2) is 4.68 Å². The molecular formula is C31H38N4O3. The van der Waals surface area contributed by atoms with Gasteiger partial charge >= 0.3 is 5.97 Å². The average Bonchev–Trinajstić information content (AvgIpc) is 3.34. The van der Waals surface area contributed by atoms with E-state index in [0.717, 1.165) is 90.8 Å². The lowest BCUT2D eigenvalue weighted by atomic mass is 9.79. The lowest BCUT2D eigenvalue weighted by molar-refractivity contribution is -0.138. The largest absolute Gasteiger partial charge is 0.481 e. The second kappa shape index (κ2) is 10.5. The van der Waals surface area contributed by atoms with Crippen LogP contribution in [0.2, 0.25) is 0 Å². The standard InChI is InChI=1S/C31H38N4O3/c1-20-26-12-13-28-30(20)32-33-35(28)15-4-2-3-5-21-6-8-23(9-7-21)31(38)34-16-14-22-10-11-24(17-25(22)19-34)27(26)18-29(36)37/h10-13,17,21,23,27H,2-9,14-16,18-19H2,1H3,(H,36,37). The second-order valence-electron chi connectivity index (χ2n) is 11.7. The molecule has 6 heterocycles. The number of carbonyl (C=O) groups excluding carboxylic acids is 1. The number of amides is 1. The zero-order valence-corrected chi connectivity index (χ0v) is 22.4. The molecule has 0 radical (unpaired) electrons. The van der Waals surface area contributed by atoms with E-state index >= 15 is 0 Å². The molecule has 1 atom stereocenters. The third kappa shape index (κ3) is 4.83. The Balaban J connectivity index is 1.39. The van der Waals surface area contributed by atoms with E-state index in [0.29, 0.717) is 12.5 Å². The van der Waals surface area contributed by atoms with Gasteiger partial charge < -0.3 is 10.0 Å². The maximum Gasteiger partial charge on any atom is 0.304 e. The molecule has 0 spiro atoms. The summed E-state index contributed by atoms with van der Waals surface area (Å²) in [4.78, 5) is 27.6. The molecule has 0 saturated heterocycles. The van der Waals surface area contributed by atoms with E-state index in [2.05, 4.69) is 45.5 Å². The van der Waals surface area contributed by atoms with Crippen LogP contribution in [0.4, 0.5) is 0 Å². The summed E-state index contributed by atoms with van der Waals surface area (Å²) < 4.78 is 2.01. The number of hydrogen-bond donors (Lipinski definition) is 1. The molecule has 7 nitrogen and oxygen atoms in total. The van der Waals surface area contributed by atoms with Gasteiger partial charge in [-0.3, -0.25) is 9.59 Å². The van der Waals surface area contributed by atoms with Crippen molar-refractivity contribution in [3.8, 4) is 0 Å². The van der Waals surface area contributed by atoms with Crippen molar-refractivity contribution in [1.82, 2.24) is 19.9 Å². The lowest BCUT2D eigenvalue weighted by Crippen LogP contribution is -2.41. The van der Waals surface area contributed by atoms with E-state index in [9.17, 15) is 14.7 Å². The molecule has 1 saturated carbocycles. The highest BCUT2D eigenvalue weighted by atomic mass is 16.4. The molecule has 1 unspecified atom stereocenters. The monoisotopic (exact) mass is 514 g/mol. The average molecular weight is 515 g/mol. The van der Waals surface area contributed by atoms with E-state index in [1.54, 1.807) is 0 Å². The van der Waals surface area contributed by atoms with Crippen LogP contribution in [0.15, 0.2) is 30.3 Å². The minimum Gasteiger partial charge on any atom is -0.481 e. The Kier molecular flexibility index (Phi) is 6.93. The van der Waals surface area contributed by atoms with E-state index in [1.165, 1.54) is 24.8 Å². The van der Waals surface area contributed by atoms with Crippen molar-refractivity contribution in [3.63, 3.8) is 0 Å². The fourth-order valence-electron chi connectivity index (χ4n) is 7.12. The lowest BCUT2D eigenvalue weighted by Gasteiger charge is -2.35. The summed E-state index contributed by atoms with van der Waals surface area (Å²) in [5.41, 5.74) is 7.27. The zero-order chi connectivity index (χ0) is 26.2. The van der Waals surface area contributed by atoms with Crippen molar-refractivity contribution in [3.05, 3.63) is 58.1 Å². The number of rotatable bonds is 2. The van der Waals surface area contributed by atoms with Gasteiger partial charge in [0.05, 0.1) is 11.9 Å². The van der Waals surface area contributed by atoms with Gasteiger partial charge in [0.15, 0.2) is 0 Å². The molecule has 7 heteroatoms. The van der Waals surface area contributed by atoms with Gasteiger partial charge in [0.2, 0.25) is 5.91 Å². The quantitative estimate of drug-likeness (QED) is 0.480. The van der Waals surface area contributed by atoms with Crippen molar-refractivity contribution in [2.45, 2.75) is 90.1 Å². The Bertz CT molecular complexity index is 1350. The van der Waals surface area contributed by atoms with Crippen LogP contribution in [0.3, 0.4) is 0 Å². The predicted octanol–water partition coefficient (Wildman–Crippen LogP) is 5.61.